The van der Waals surface area contributed by atoms with E-state index in [0.717, 1.165) is 18.5 Å². The molecule has 2 atom stereocenters. The van der Waals surface area contributed by atoms with Gasteiger partial charge in [-0.25, -0.2) is 0 Å². The summed E-state index contributed by atoms with van der Waals surface area (Å²) in [6.07, 6.45) is 8.36. The molecule has 0 aromatic rings. The Morgan fingerprint density at radius 2 is 2.07 bits per heavy atom. The lowest BCUT2D eigenvalue weighted by Crippen LogP contribution is -2.50. The molecule has 2 aliphatic rings. The Hall–Kier alpha value is -0.0800. The van der Waals surface area contributed by atoms with Gasteiger partial charge in [0.25, 0.3) is 0 Å². The monoisotopic (exact) mass is 196 g/mol. The van der Waals surface area contributed by atoms with E-state index in [-0.39, 0.29) is 0 Å². The highest BCUT2D eigenvalue weighted by Crippen LogP contribution is 2.38. The average molecular weight is 196 g/mol. The van der Waals surface area contributed by atoms with Crippen LogP contribution in [-0.2, 0) is 0 Å². The highest BCUT2D eigenvalue weighted by molar-refractivity contribution is 4.91. The van der Waals surface area contributed by atoms with Crippen LogP contribution in [0.5, 0.6) is 0 Å². The molecule has 0 aromatic heterocycles. The van der Waals surface area contributed by atoms with E-state index in [1.165, 1.54) is 45.1 Å². The maximum Gasteiger partial charge on any atom is 0.0221 e. The van der Waals surface area contributed by atoms with Crippen molar-refractivity contribution in [2.24, 2.45) is 11.7 Å². The van der Waals surface area contributed by atoms with Gasteiger partial charge in [0, 0.05) is 18.6 Å². The van der Waals surface area contributed by atoms with Crippen molar-refractivity contribution in [3.8, 4) is 0 Å². The van der Waals surface area contributed by atoms with Gasteiger partial charge in [0.2, 0.25) is 0 Å². The van der Waals surface area contributed by atoms with Crippen LogP contribution in [-0.4, -0.2) is 30.1 Å². The quantitative estimate of drug-likeness (QED) is 0.745. The largest absolute Gasteiger partial charge is 0.329 e. The molecule has 1 heterocycles. The Bertz CT molecular complexity index is 177. The second-order valence-electron chi connectivity index (χ2n) is 4.94. The lowest BCUT2D eigenvalue weighted by molar-refractivity contribution is 0.0840. The molecule has 0 bridgehead atoms. The first-order valence-corrected chi connectivity index (χ1v) is 6.32. The SMILES string of the molecule is CCC(C1CC1)N1CCCCC1CN. The summed E-state index contributed by atoms with van der Waals surface area (Å²) in [5, 5.41) is 0. The number of nitrogens with two attached hydrogens (primary N) is 1. The number of nitrogens with zero attached hydrogens (tertiary/aromatic N) is 1. The van der Waals surface area contributed by atoms with Crippen LogP contribution in [0.4, 0.5) is 0 Å². The fourth-order valence-corrected chi connectivity index (χ4v) is 3.03. The molecule has 2 nitrogen and oxygen atoms in total. The van der Waals surface area contributed by atoms with Crippen molar-refractivity contribution in [1.82, 2.24) is 4.90 Å². The maximum atomic E-state index is 5.87. The summed E-state index contributed by atoms with van der Waals surface area (Å²) in [6.45, 7) is 4.51. The molecule has 14 heavy (non-hydrogen) atoms. The van der Waals surface area contributed by atoms with Crippen LogP contribution in [0.25, 0.3) is 0 Å². The number of hydrogen-bond acceptors (Lipinski definition) is 2. The fourth-order valence-electron chi connectivity index (χ4n) is 3.03. The number of likely N-dealkylation sites (tertiary alicyclic amines) is 1. The first kappa shape index (κ1) is 10.4. The minimum atomic E-state index is 0.689. The molecule has 2 unspecified atom stereocenters. The van der Waals surface area contributed by atoms with Gasteiger partial charge in [0.15, 0.2) is 0 Å². The third-order valence-corrected chi connectivity index (χ3v) is 3.96. The summed E-state index contributed by atoms with van der Waals surface area (Å²) >= 11 is 0. The molecular formula is C12H24N2. The van der Waals surface area contributed by atoms with Crippen LogP contribution >= 0.6 is 0 Å². The Morgan fingerprint density at radius 1 is 1.29 bits per heavy atom. The van der Waals surface area contributed by atoms with E-state index in [0.29, 0.717) is 6.04 Å². The van der Waals surface area contributed by atoms with E-state index in [1.807, 2.05) is 0 Å². The Labute approximate surface area is 87.8 Å². The standard InChI is InChI=1S/C12H24N2/c1-2-12(10-6-7-10)14-8-4-3-5-11(14)9-13/h10-12H,2-9,13H2,1H3. The van der Waals surface area contributed by atoms with Crippen molar-refractivity contribution in [2.45, 2.75) is 57.5 Å². The summed E-state index contributed by atoms with van der Waals surface area (Å²) in [5.41, 5.74) is 5.87. The molecule has 82 valence electrons. The van der Waals surface area contributed by atoms with E-state index < -0.39 is 0 Å². The zero-order valence-electron chi connectivity index (χ0n) is 9.41. The Kier molecular flexibility index (Phi) is 3.45. The van der Waals surface area contributed by atoms with Crippen LogP contribution < -0.4 is 5.73 Å². The highest BCUT2D eigenvalue weighted by atomic mass is 15.2. The number of hydrogen-bond donors (Lipinski definition) is 1. The first-order chi connectivity index (χ1) is 6.86. The van der Waals surface area contributed by atoms with Crippen LogP contribution in [0.3, 0.4) is 0 Å². The predicted octanol–water partition coefficient (Wildman–Crippen LogP) is 1.99. The molecule has 2 N–H and O–H groups in total. The zero-order chi connectivity index (χ0) is 9.97. The summed E-state index contributed by atoms with van der Waals surface area (Å²) in [5.74, 6) is 1.01. The third kappa shape index (κ3) is 2.12. The van der Waals surface area contributed by atoms with E-state index >= 15 is 0 Å². The van der Waals surface area contributed by atoms with Crippen molar-refractivity contribution in [3.63, 3.8) is 0 Å². The molecule has 0 aromatic carbocycles. The van der Waals surface area contributed by atoms with Gasteiger partial charge < -0.3 is 5.73 Å². The molecule has 1 aliphatic carbocycles. The number of piperidine rings is 1. The third-order valence-electron chi connectivity index (χ3n) is 3.96. The van der Waals surface area contributed by atoms with Gasteiger partial charge >= 0.3 is 0 Å². The van der Waals surface area contributed by atoms with Gasteiger partial charge in [-0.05, 0) is 44.6 Å². The summed E-state index contributed by atoms with van der Waals surface area (Å²) in [4.78, 5) is 2.72. The van der Waals surface area contributed by atoms with Gasteiger partial charge in [-0.15, -0.1) is 0 Å². The van der Waals surface area contributed by atoms with Gasteiger partial charge in [-0.1, -0.05) is 13.3 Å². The van der Waals surface area contributed by atoms with E-state index in [9.17, 15) is 0 Å². The van der Waals surface area contributed by atoms with Gasteiger partial charge in [-0.2, -0.15) is 0 Å². The van der Waals surface area contributed by atoms with Crippen LogP contribution in [0.1, 0.15) is 45.4 Å². The second-order valence-corrected chi connectivity index (χ2v) is 4.94. The molecule has 2 heteroatoms. The minimum Gasteiger partial charge on any atom is -0.329 e. The van der Waals surface area contributed by atoms with E-state index in [1.54, 1.807) is 0 Å². The normalized spacial score (nSPS) is 31.7. The Morgan fingerprint density at radius 3 is 2.64 bits per heavy atom. The maximum absolute atomic E-state index is 5.87. The fraction of sp³-hybridized carbons (Fsp3) is 1.00. The molecule has 2 rings (SSSR count). The van der Waals surface area contributed by atoms with Crippen molar-refractivity contribution in [2.75, 3.05) is 13.1 Å². The molecular weight excluding hydrogens is 172 g/mol. The van der Waals surface area contributed by atoms with Crippen molar-refractivity contribution in [3.05, 3.63) is 0 Å². The molecule has 1 aliphatic heterocycles. The topological polar surface area (TPSA) is 29.3 Å². The van der Waals surface area contributed by atoms with Crippen LogP contribution in [0, 0.1) is 5.92 Å². The van der Waals surface area contributed by atoms with Crippen molar-refractivity contribution in [1.29, 1.82) is 0 Å². The van der Waals surface area contributed by atoms with Crippen molar-refractivity contribution >= 4 is 0 Å². The molecule has 0 amide bonds. The molecule has 0 radical (unpaired) electrons. The van der Waals surface area contributed by atoms with Crippen molar-refractivity contribution < 1.29 is 0 Å². The zero-order valence-corrected chi connectivity index (χ0v) is 9.41. The highest BCUT2D eigenvalue weighted by Gasteiger charge is 2.37. The molecule has 0 spiro atoms. The van der Waals surface area contributed by atoms with Crippen LogP contribution in [0.2, 0.25) is 0 Å². The molecule has 1 saturated carbocycles. The minimum absolute atomic E-state index is 0.689. The smallest absolute Gasteiger partial charge is 0.0221 e. The summed E-state index contributed by atoms with van der Waals surface area (Å²) in [7, 11) is 0. The first-order valence-electron chi connectivity index (χ1n) is 6.32. The second kappa shape index (κ2) is 4.63. The predicted molar refractivity (Wildman–Crippen MR) is 60.2 cm³/mol. The average Bonchev–Trinajstić information content (AvgIpc) is 3.04. The molecule has 2 fully saturated rings. The van der Waals surface area contributed by atoms with Crippen LogP contribution in [0.15, 0.2) is 0 Å². The number of rotatable bonds is 4. The molecule has 1 saturated heterocycles. The lowest BCUT2D eigenvalue weighted by Gasteiger charge is -2.40. The van der Waals surface area contributed by atoms with E-state index in [2.05, 4.69) is 11.8 Å². The Balaban J connectivity index is 1.96. The lowest BCUT2D eigenvalue weighted by atomic mass is 9.97. The van der Waals surface area contributed by atoms with Gasteiger partial charge in [0.05, 0.1) is 0 Å². The van der Waals surface area contributed by atoms with Gasteiger partial charge in [-0.3, -0.25) is 4.90 Å². The van der Waals surface area contributed by atoms with Gasteiger partial charge in [0.1, 0.15) is 0 Å². The van der Waals surface area contributed by atoms with E-state index in [4.69, 9.17) is 5.73 Å². The summed E-state index contributed by atoms with van der Waals surface area (Å²) < 4.78 is 0. The summed E-state index contributed by atoms with van der Waals surface area (Å²) in [6, 6.07) is 1.54.